The van der Waals surface area contributed by atoms with Gasteiger partial charge < -0.3 is 9.52 Å². The second kappa shape index (κ2) is 7.61. The van der Waals surface area contributed by atoms with E-state index in [1.807, 2.05) is 29.2 Å². The van der Waals surface area contributed by atoms with E-state index in [4.69, 9.17) is 4.42 Å². The summed E-state index contributed by atoms with van der Waals surface area (Å²) < 4.78 is 5.56. The third-order valence-electron chi connectivity index (χ3n) is 7.59. The van der Waals surface area contributed by atoms with Gasteiger partial charge in [0.15, 0.2) is 0 Å². The molecule has 2 unspecified atom stereocenters. The Bertz CT molecular complexity index is 1080. The Morgan fingerprint density at radius 2 is 1.50 bits per heavy atom. The number of benzene rings is 2. The highest BCUT2D eigenvalue weighted by molar-refractivity contribution is 6.03. The lowest BCUT2D eigenvalue weighted by Crippen LogP contribution is -2.52. The smallest absolute Gasteiger partial charge is 0.245 e. The van der Waals surface area contributed by atoms with Crippen molar-refractivity contribution in [3.05, 3.63) is 83.8 Å². The standard InChI is InChI=1S/C27H28N2O3/c30-26(18-28-21-13-14-22(28)17-27(31,16-21)25-10-5-15-32-25)29-23-8-3-1-6-19(23)11-12-20-7-2-4-9-24(20)29/h1-10,15,21-22,31H,11-14,16-18H2. The van der Waals surface area contributed by atoms with E-state index in [0.717, 1.165) is 37.1 Å². The summed E-state index contributed by atoms with van der Waals surface area (Å²) in [6, 6.07) is 20.6. The van der Waals surface area contributed by atoms with Gasteiger partial charge in [0.1, 0.15) is 11.4 Å². The number of carbonyl (C=O) groups excluding carboxylic acids is 1. The van der Waals surface area contributed by atoms with Crippen molar-refractivity contribution in [2.75, 3.05) is 11.4 Å². The van der Waals surface area contributed by atoms with Crippen molar-refractivity contribution in [1.29, 1.82) is 0 Å². The van der Waals surface area contributed by atoms with Gasteiger partial charge in [0.25, 0.3) is 0 Å². The number of fused-ring (bicyclic) bond motifs is 4. The lowest BCUT2D eigenvalue weighted by Gasteiger charge is -2.43. The number of hydrogen-bond donors (Lipinski definition) is 1. The topological polar surface area (TPSA) is 56.9 Å². The van der Waals surface area contributed by atoms with Crippen molar-refractivity contribution in [1.82, 2.24) is 4.90 Å². The number of rotatable bonds is 3. The highest BCUT2D eigenvalue weighted by atomic mass is 16.4. The quantitative estimate of drug-likeness (QED) is 0.665. The number of para-hydroxylation sites is 2. The molecule has 5 heteroatoms. The molecule has 3 aliphatic rings. The number of furan rings is 1. The molecule has 6 rings (SSSR count). The van der Waals surface area contributed by atoms with Crippen LogP contribution in [-0.4, -0.2) is 34.5 Å². The van der Waals surface area contributed by atoms with Gasteiger partial charge in [-0.25, -0.2) is 0 Å². The molecule has 4 heterocycles. The van der Waals surface area contributed by atoms with Crippen molar-refractivity contribution < 1.29 is 14.3 Å². The third kappa shape index (κ3) is 3.19. The predicted molar refractivity (Wildman–Crippen MR) is 123 cm³/mol. The van der Waals surface area contributed by atoms with Crippen LogP contribution in [0.2, 0.25) is 0 Å². The molecule has 3 aliphatic heterocycles. The van der Waals surface area contributed by atoms with Crippen LogP contribution < -0.4 is 4.90 Å². The molecule has 0 saturated carbocycles. The third-order valence-corrected chi connectivity index (χ3v) is 7.59. The molecule has 5 nitrogen and oxygen atoms in total. The zero-order valence-electron chi connectivity index (χ0n) is 18.1. The average Bonchev–Trinajstić information content (AvgIpc) is 3.38. The Morgan fingerprint density at radius 3 is 2.06 bits per heavy atom. The summed E-state index contributed by atoms with van der Waals surface area (Å²) in [6.07, 6.45) is 6.72. The van der Waals surface area contributed by atoms with Gasteiger partial charge in [0, 0.05) is 12.1 Å². The van der Waals surface area contributed by atoms with Crippen LogP contribution in [0.25, 0.3) is 0 Å². The summed E-state index contributed by atoms with van der Waals surface area (Å²) >= 11 is 0. The summed E-state index contributed by atoms with van der Waals surface area (Å²) in [4.78, 5) is 18.1. The molecule has 1 N–H and O–H groups in total. The first-order valence-electron chi connectivity index (χ1n) is 11.6. The molecule has 1 amide bonds. The number of aliphatic hydroxyl groups is 1. The molecule has 32 heavy (non-hydrogen) atoms. The van der Waals surface area contributed by atoms with Crippen LogP contribution in [0.15, 0.2) is 71.3 Å². The Kier molecular flexibility index (Phi) is 4.70. The molecular weight excluding hydrogens is 400 g/mol. The summed E-state index contributed by atoms with van der Waals surface area (Å²) in [6.45, 7) is 0.367. The summed E-state index contributed by atoms with van der Waals surface area (Å²) in [5.74, 6) is 0.753. The fourth-order valence-electron chi connectivity index (χ4n) is 6.09. The summed E-state index contributed by atoms with van der Waals surface area (Å²) in [7, 11) is 0. The van der Waals surface area contributed by atoms with E-state index in [9.17, 15) is 9.90 Å². The van der Waals surface area contributed by atoms with E-state index in [1.165, 1.54) is 11.1 Å². The Morgan fingerprint density at radius 1 is 0.906 bits per heavy atom. The maximum Gasteiger partial charge on any atom is 0.245 e. The molecule has 3 aromatic rings. The van der Waals surface area contributed by atoms with Crippen LogP contribution >= 0.6 is 0 Å². The van der Waals surface area contributed by atoms with E-state index in [1.54, 1.807) is 6.26 Å². The van der Waals surface area contributed by atoms with Gasteiger partial charge in [0.05, 0.1) is 24.2 Å². The van der Waals surface area contributed by atoms with Gasteiger partial charge in [-0.1, -0.05) is 36.4 Å². The molecule has 2 saturated heterocycles. The number of hydrogen-bond acceptors (Lipinski definition) is 4. The number of carbonyl (C=O) groups is 1. The van der Waals surface area contributed by atoms with Gasteiger partial charge in [-0.3, -0.25) is 14.6 Å². The fourth-order valence-corrected chi connectivity index (χ4v) is 6.09. The molecule has 0 aliphatic carbocycles. The zero-order chi connectivity index (χ0) is 21.7. The largest absolute Gasteiger partial charge is 0.466 e. The van der Waals surface area contributed by atoms with Crippen molar-refractivity contribution in [3.8, 4) is 0 Å². The van der Waals surface area contributed by atoms with Gasteiger partial charge in [-0.05, 0) is 73.9 Å². The molecule has 1 aromatic heterocycles. The number of nitrogens with zero attached hydrogens (tertiary/aromatic N) is 2. The molecule has 0 spiro atoms. The van der Waals surface area contributed by atoms with Gasteiger partial charge in [-0.2, -0.15) is 0 Å². The first kappa shape index (κ1) is 19.8. The number of anilines is 2. The number of amides is 1. The number of piperidine rings is 1. The first-order valence-corrected chi connectivity index (χ1v) is 11.6. The van der Waals surface area contributed by atoms with Gasteiger partial charge >= 0.3 is 0 Å². The van der Waals surface area contributed by atoms with E-state index < -0.39 is 5.60 Å². The molecule has 0 radical (unpaired) electrons. The maximum atomic E-state index is 13.9. The highest BCUT2D eigenvalue weighted by Crippen LogP contribution is 2.46. The van der Waals surface area contributed by atoms with Gasteiger partial charge in [-0.15, -0.1) is 0 Å². The van der Waals surface area contributed by atoms with E-state index in [-0.39, 0.29) is 18.0 Å². The SMILES string of the molecule is O=C(CN1C2CCC1CC(O)(c1ccco1)C2)N1c2ccccc2CCc2ccccc21. The van der Waals surface area contributed by atoms with Crippen LogP contribution in [0.3, 0.4) is 0 Å². The van der Waals surface area contributed by atoms with Crippen molar-refractivity contribution in [3.63, 3.8) is 0 Å². The summed E-state index contributed by atoms with van der Waals surface area (Å²) in [5, 5.41) is 11.3. The molecule has 164 valence electrons. The minimum absolute atomic E-state index is 0.104. The Balaban J connectivity index is 1.30. The Labute approximate surface area is 188 Å². The van der Waals surface area contributed by atoms with E-state index in [0.29, 0.717) is 25.1 Å². The van der Waals surface area contributed by atoms with Crippen molar-refractivity contribution in [2.45, 2.75) is 56.2 Å². The maximum absolute atomic E-state index is 13.9. The molecule has 2 atom stereocenters. The van der Waals surface area contributed by atoms with E-state index >= 15 is 0 Å². The summed E-state index contributed by atoms with van der Waals surface area (Å²) in [5.41, 5.74) is 3.49. The average molecular weight is 429 g/mol. The Hall–Kier alpha value is -2.89. The minimum Gasteiger partial charge on any atom is -0.466 e. The zero-order valence-corrected chi connectivity index (χ0v) is 18.1. The van der Waals surface area contributed by atoms with Crippen LogP contribution in [0, 0.1) is 0 Å². The number of aryl methyl sites for hydroxylation is 2. The fraction of sp³-hybridized carbons (Fsp3) is 0.370. The monoisotopic (exact) mass is 428 g/mol. The molecule has 2 aromatic carbocycles. The van der Waals surface area contributed by atoms with Crippen molar-refractivity contribution >= 4 is 17.3 Å². The predicted octanol–water partition coefficient (Wildman–Crippen LogP) is 4.56. The van der Waals surface area contributed by atoms with Crippen LogP contribution in [0.4, 0.5) is 11.4 Å². The molecule has 2 fully saturated rings. The van der Waals surface area contributed by atoms with Gasteiger partial charge in [0.2, 0.25) is 5.91 Å². The van der Waals surface area contributed by atoms with Crippen LogP contribution in [0.1, 0.15) is 42.6 Å². The minimum atomic E-state index is -0.934. The van der Waals surface area contributed by atoms with Crippen molar-refractivity contribution in [2.24, 2.45) is 0 Å². The highest BCUT2D eigenvalue weighted by Gasteiger charge is 2.50. The lowest BCUT2D eigenvalue weighted by atomic mass is 9.84. The lowest BCUT2D eigenvalue weighted by molar-refractivity contribution is -0.123. The first-order chi connectivity index (χ1) is 15.6. The molecular formula is C27H28N2O3. The second-order valence-corrected chi connectivity index (χ2v) is 9.46. The second-order valence-electron chi connectivity index (χ2n) is 9.46. The van der Waals surface area contributed by atoms with Crippen LogP contribution in [0.5, 0.6) is 0 Å². The van der Waals surface area contributed by atoms with Crippen LogP contribution in [-0.2, 0) is 23.2 Å². The van der Waals surface area contributed by atoms with E-state index in [2.05, 4.69) is 41.3 Å². The molecule has 2 bridgehead atoms. The normalized spacial score (nSPS) is 27.0.